The van der Waals surface area contributed by atoms with Crippen LogP contribution in [0.5, 0.6) is 11.5 Å². The number of rotatable bonds is 10. The smallest absolute Gasteiger partial charge is 0.267 e. The monoisotopic (exact) mass is 386 g/mol. The first-order valence-corrected chi connectivity index (χ1v) is 9.78. The lowest BCUT2D eigenvalue weighted by molar-refractivity contribution is 0.121. The van der Waals surface area contributed by atoms with Crippen LogP contribution in [-0.4, -0.2) is 73.1 Å². The summed E-state index contributed by atoms with van der Waals surface area (Å²) in [6.45, 7) is -0.708. The van der Waals surface area contributed by atoms with E-state index in [1.807, 2.05) is 0 Å². The Kier molecular flexibility index (Phi) is 7.38. The van der Waals surface area contributed by atoms with Crippen LogP contribution in [0.3, 0.4) is 0 Å². The fraction of sp³-hybridized carbons (Fsp3) is 0.500. The molecule has 2 atom stereocenters. The lowest BCUT2D eigenvalue weighted by Gasteiger charge is -2.13. The Bertz CT molecular complexity index is 648. The fourth-order valence-electron chi connectivity index (χ4n) is 1.60. The average Bonchev–Trinajstić information content (AvgIpc) is 2.40. The first kappa shape index (κ1) is 20.6. The van der Waals surface area contributed by atoms with Gasteiger partial charge in [-0.2, -0.15) is 16.8 Å². The van der Waals surface area contributed by atoms with Crippen molar-refractivity contribution in [1.29, 1.82) is 0 Å². The van der Waals surface area contributed by atoms with E-state index in [4.69, 9.17) is 18.6 Å². The Balaban J connectivity index is 2.43. The van der Waals surface area contributed by atoms with Gasteiger partial charge in [-0.05, 0) is 24.3 Å². The normalized spacial score (nSPS) is 14.8. The van der Waals surface area contributed by atoms with E-state index in [2.05, 4.69) is 0 Å². The molecule has 10 nitrogen and oxygen atoms in total. The predicted molar refractivity (Wildman–Crippen MR) is 82.3 cm³/mol. The van der Waals surface area contributed by atoms with E-state index >= 15 is 0 Å². The highest BCUT2D eigenvalue weighted by atomic mass is 32.2. The molecule has 0 aromatic heterocycles. The summed E-state index contributed by atoms with van der Waals surface area (Å²) in [5, 5.41) is 18.7. The molecule has 24 heavy (non-hydrogen) atoms. The Morgan fingerprint density at radius 2 is 1.04 bits per heavy atom. The number of aliphatic hydroxyl groups excluding tert-OH is 2. The molecule has 138 valence electrons. The van der Waals surface area contributed by atoms with Crippen LogP contribution in [0.4, 0.5) is 0 Å². The van der Waals surface area contributed by atoms with Crippen molar-refractivity contribution >= 4 is 20.2 Å². The first-order valence-electron chi connectivity index (χ1n) is 6.57. The molecular formula is C12H18O10S2. The summed E-state index contributed by atoms with van der Waals surface area (Å²) < 4.78 is 69.6. The van der Waals surface area contributed by atoms with Gasteiger partial charge in [-0.3, -0.25) is 9.11 Å². The van der Waals surface area contributed by atoms with Crippen molar-refractivity contribution in [2.75, 3.05) is 24.7 Å². The minimum atomic E-state index is -4.30. The first-order chi connectivity index (χ1) is 10.9. The lowest BCUT2D eigenvalue weighted by Crippen LogP contribution is -2.26. The number of hydrogen-bond acceptors (Lipinski definition) is 8. The second-order valence-corrected chi connectivity index (χ2v) is 7.89. The fourth-order valence-corrected chi connectivity index (χ4v) is 2.76. The third kappa shape index (κ3) is 9.64. The van der Waals surface area contributed by atoms with Crippen molar-refractivity contribution in [3.8, 4) is 11.5 Å². The van der Waals surface area contributed by atoms with Gasteiger partial charge in [0.25, 0.3) is 20.2 Å². The van der Waals surface area contributed by atoms with Gasteiger partial charge >= 0.3 is 0 Å². The van der Waals surface area contributed by atoms with E-state index in [0.717, 1.165) is 0 Å². The van der Waals surface area contributed by atoms with Gasteiger partial charge in [0.2, 0.25) is 0 Å². The second kappa shape index (κ2) is 8.60. The molecule has 0 heterocycles. The molecule has 0 spiro atoms. The van der Waals surface area contributed by atoms with E-state index in [1.54, 1.807) is 0 Å². The van der Waals surface area contributed by atoms with Crippen molar-refractivity contribution in [2.24, 2.45) is 0 Å². The van der Waals surface area contributed by atoms with Crippen LogP contribution >= 0.6 is 0 Å². The third-order valence-electron chi connectivity index (χ3n) is 2.51. The van der Waals surface area contributed by atoms with Crippen LogP contribution in [0, 0.1) is 0 Å². The molecule has 0 radical (unpaired) electrons. The summed E-state index contributed by atoms with van der Waals surface area (Å²) in [5.74, 6) is -1.12. The van der Waals surface area contributed by atoms with Gasteiger partial charge in [0.1, 0.15) is 48.4 Å². The zero-order valence-corrected chi connectivity index (χ0v) is 14.0. The van der Waals surface area contributed by atoms with Crippen molar-refractivity contribution in [2.45, 2.75) is 12.2 Å². The number of ether oxygens (including phenoxy) is 2. The van der Waals surface area contributed by atoms with Gasteiger partial charge < -0.3 is 19.7 Å². The highest BCUT2D eigenvalue weighted by Gasteiger charge is 2.16. The van der Waals surface area contributed by atoms with Crippen molar-refractivity contribution in [1.82, 2.24) is 0 Å². The van der Waals surface area contributed by atoms with Crippen LogP contribution in [0.2, 0.25) is 0 Å². The summed E-state index contributed by atoms with van der Waals surface area (Å²) in [5.41, 5.74) is 0. The van der Waals surface area contributed by atoms with Gasteiger partial charge in [0.15, 0.2) is 0 Å². The quantitative estimate of drug-likeness (QED) is 0.364. The van der Waals surface area contributed by atoms with Crippen LogP contribution < -0.4 is 9.47 Å². The molecule has 0 aliphatic heterocycles. The van der Waals surface area contributed by atoms with Gasteiger partial charge in [-0.25, -0.2) is 0 Å². The molecule has 0 fully saturated rings. The predicted octanol–water partition coefficient (Wildman–Crippen LogP) is -1.06. The summed E-state index contributed by atoms with van der Waals surface area (Å²) in [7, 11) is -8.59. The van der Waals surface area contributed by atoms with E-state index in [9.17, 15) is 27.0 Å². The minimum absolute atomic E-state index is 0.287. The number of aliphatic hydroxyl groups is 2. The Labute approximate surface area is 139 Å². The summed E-state index contributed by atoms with van der Waals surface area (Å²) in [4.78, 5) is 0. The highest BCUT2D eigenvalue weighted by molar-refractivity contribution is 7.86. The van der Waals surface area contributed by atoms with Crippen LogP contribution in [0.15, 0.2) is 24.3 Å². The Morgan fingerprint density at radius 1 is 0.750 bits per heavy atom. The maximum absolute atomic E-state index is 10.6. The van der Waals surface area contributed by atoms with Gasteiger partial charge in [0, 0.05) is 0 Å². The topological polar surface area (TPSA) is 168 Å². The zero-order valence-electron chi connectivity index (χ0n) is 12.3. The van der Waals surface area contributed by atoms with Crippen molar-refractivity contribution < 1.29 is 45.6 Å². The van der Waals surface area contributed by atoms with Gasteiger partial charge in [0.05, 0.1) is 0 Å². The maximum atomic E-state index is 10.6. The molecular weight excluding hydrogens is 368 g/mol. The summed E-state index contributed by atoms with van der Waals surface area (Å²) >= 11 is 0. The molecule has 0 unspecified atom stereocenters. The second-order valence-electron chi connectivity index (χ2n) is 4.90. The molecule has 0 bridgehead atoms. The van der Waals surface area contributed by atoms with Crippen LogP contribution in [-0.2, 0) is 20.2 Å². The SMILES string of the molecule is O=S(=O)(O)C[C@H](O)COc1ccc(OC[C@@H](O)CS(=O)(=O)O)cc1. The molecule has 0 aliphatic rings. The molecule has 0 amide bonds. The van der Waals surface area contributed by atoms with E-state index < -0.39 is 43.9 Å². The van der Waals surface area contributed by atoms with Crippen LogP contribution in [0.1, 0.15) is 0 Å². The lowest BCUT2D eigenvalue weighted by atomic mass is 10.3. The molecule has 0 saturated heterocycles. The summed E-state index contributed by atoms with van der Waals surface area (Å²) in [6, 6.07) is 5.74. The van der Waals surface area contributed by atoms with Crippen molar-refractivity contribution in [3.63, 3.8) is 0 Å². The minimum Gasteiger partial charge on any atom is -0.491 e. The average molecular weight is 386 g/mol. The molecule has 1 aromatic carbocycles. The highest BCUT2D eigenvalue weighted by Crippen LogP contribution is 2.18. The van der Waals surface area contributed by atoms with E-state index in [1.165, 1.54) is 24.3 Å². The number of hydrogen-bond donors (Lipinski definition) is 4. The molecule has 1 aromatic rings. The van der Waals surface area contributed by atoms with E-state index in [0.29, 0.717) is 0 Å². The van der Waals surface area contributed by atoms with E-state index in [-0.39, 0.29) is 24.7 Å². The standard InChI is InChI=1S/C12H18O10S2/c13-9(7-23(15,16)17)5-21-11-1-2-12(4-3-11)22-6-10(14)8-24(18,19)20/h1-4,9-10,13-14H,5-8H2,(H,15,16,17)(H,18,19,20)/t9-,10-/m1/s1. The molecule has 1 rings (SSSR count). The maximum Gasteiger partial charge on any atom is 0.267 e. The largest absolute Gasteiger partial charge is 0.491 e. The Morgan fingerprint density at radius 3 is 1.29 bits per heavy atom. The van der Waals surface area contributed by atoms with Gasteiger partial charge in [-0.15, -0.1) is 0 Å². The molecule has 12 heteroatoms. The third-order valence-corrected chi connectivity index (χ3v) is 4.13. The summed E-state index contributed by atoms with van der Waals surface area (Å²) in [6.07, 6.45) is -2.79. The molecule has 0 aliphatic carbocycles. The molecule has 4 N–H and O–H groups in total. The Hall–Kier alpha value is -1.44. The number of benzene rings is 1. The van der Waals surface area contributed by atoms with Crippen LogP contribution in [0.25, 0.3) is 0 Å². The molecule has 0 saturated carbocycles. The zero-order chi connectivity index (χ0) is 18.4. The van der Waals surface area contributed by atoms with Gasteiger partial charge in [-0.1, -0.05) is 0 Å². The van der Waals surface area contributed by atoms with Crippen molar-refractivity contribution in [3.05, 3.63) is 24.3 Å².